The third-order valence-corrected chi connectivity index (χ3v) is 5.02. The van der Waals surface area contributed by atoms with E-state index >= 15 is 0 Å². The SMILES string of the molecule is Cc1nccn1[C@@H]1CCCN(C(=O)Cc2cnn(-c3ccccc3)c2)C1. The number of carbonyl (C=O) groups excluding carboxylic acids is 1. The maximum absolute atomic E-state index is 12.8. The number of likely N-dealkylation sites (tertiary alicyclic amines) is 1. The number of aromatic nitrogens is 4. The van der Waals surface area contributed by atoms with Crippen molar-refractivity contribution in [1.29, 1.82) is 0 Å². The molecule has 1 aromatic carbocycles. The zero-order chi connectivity index (χ0) is 17.9. The Labute approximate surface area is 153 Å². The first-order valence-electron chi connectivity index (χ1n) is 9.07. The lowest BCUT2D eigenvalue weighted by molar-refractivity contribution is -0.132. The summed E-state index contributed by atoms with van der Waals surface area (Å²) in [4.78, 5) is 19.1. The fourth-order valence-corrected chi connectivity index (χ4v) is 3.64. The average Bonchev–Trinajstić information content (AvgIpc) is 3.31. The standard InChI is InChI=1S/C20H23N5O/c1-16-21-9-11-24(16)19-8-5-10-23(15-19)20(26)12-17-13-22-25(14-17)18-6-3-2-4-7-18/h2-4,6-7,9,11,13-14,19H,5,8,10,12,15H2,1H3/t19-/m1/s1. The number of amides is 1. The molecular formula is C20H23N5O. The third kappa shape index (κ3) is 3.40. The molecule has 1 atom stereocenters. The Morgan fingerprint density at radius 3 is 2.88 bits per heavy atom. The Balaban J connectivity index is 1.42. The molecule has 134 valence electrons. The number of para-hydroxylation sites is 1. The van der Waals surface area contributed by atoms with Gasteiger partial charge in [0, 0.05) is 31.7 Å². The highest BCUT2D eigenvalue weighted by Gasteiger charge is 2.25. The molecule has 3 aromatic rings. The van der Waals surface area contributed by atoms with Crippen LogP contribution in [0.3, 0.4) is 0 Å². The Morgan fingerprint density at radius 2 is 2.12 bits per heavy atom. The van der Waals surface area contributed by atoms with Crippen molar-refractivity contribution >= 4 is 5.91 Å². The zero-order valence-electron chi connectivity index (χ0n) is 15.0. The maximum atomic E-state index is 12.8. The molecule has 4 rings (SSSR count). The number of piperidine rings is 1. The molecule has 6 nitrogen and oxygen atoms in total. The van der Waals surface area contributed by atoms with Crippen LogP contribution < -0.4 is 0 Å². The number of imidazole rings is 1. The van der Waals surface area contributed by atoms with Gasteiger partial charge in [-0.15, -0.1) is 0 Å². The monoisotopic (exact) mass is 349 g/mol. The summed E-state index contributed by atoms with van der Waals surface area (Å²) in [6.45, 7) is 3.59. The zero-order valence-corrected chi connectivity index (χ0v) is 15.0. The van der Waals surface area contributed by atoms with E-state index in [1.54, 1.807) is 6.20 Å². The van der Waals surface area contributed by atoms with Gasteiger partial charge in [-0.3, -0.25) is 4.79 Å². The van der Waals surface area contributed by atoms with Gasteiger partial charge in [0.1, 0.15) is 5.82 Å². The van der Waals surface area contributed by atoms with Gasteiger partial charge >= 0.3 is 0 Å². The van der Waals surface area contributed by atoms with Gasteiger partial charge in [0.05, 0.1) is 24.3 Å². The maximum Gasteiger partial charge on any atom is 0.227 e. The third-order valence-electron chi connectivity index (χ3n) is 5.02. The first-order valence-corrected chi connectivity index (χ1v) is 9.07. The molecule has 3 heterocycles. The van der Waals surface area contributed by atoms with Gasteiger partial charge in [-0.05, 0) is 37.5 Å². The molecule has 6 heteroatoms. The fourth-order valence-electron chi connectivity index (χ4n) is 3.64. The van der Waals surface area contributed by atoms with E-state index in [9.17, 15) is 4.79 Å². The molecule has 1 fully saturated rings. The summed E-state index contributed by atoms with van der Waals surface area (Å²) in [7, 11) is 0. The minimum absolute atomic E-state index is 0.167. The largest absolute Gasteiger partial charge is 0.340 e. The van der Waals surface area contributed by atoms with Crippen molar-refractivity contribution in [1.82, 2.24) is 24.2 Å². The van der Waals surface area contributed by atoms with Gasteiger partial charge in [-0.25, -0.2) is 9.67 Å². The van der Waals surface area contributed by atoms with E-state index in [0.29, 0.717) is 12.5 Å². The summed E-state index contributed by atoms with van der Waals surface area (Å²) in [6, 6.07) is 10.3. The number of rotatable bonds is 4. The number of hydrogen-bond donors (Lipinski definition) is 0. The topological polar surface area (TPSA) is 56.0 Å². The summed E-state index contributed by atoms with van der Waals surface area (Å²) in [5, 5.41) is 4.39. The molecule has 2 aromatic heterocycles. The second-order valence-electron chi connectivity index (χ2n) is 6.82. The molecule has 0 radical (unpaired) electrons. The van der Waals surface area contributed by atoms with E-state index < -0.39 is 0 Å². The van der Waals surface area contributed by atoms with Gasteiger partial charge < -0.3 is 9.47 Å². The van der Waals surface area contributed by atoms with Crippen LogP contribution in [-0.4, -0.2) is 43.2 Å². The number of aryl methyl sites for hydroxylation is 1. The first-order chi connectivity index (χ1) is 12.7. The van der Waals surface area contributed by atoms with Crippen LogP contribution in [0.1, 0.15) is 30.3 Å². The van der Waals surface area contributed by atoms with Gasteiger partial charge in [0.15, 0.2) is 0 Å². The second kappa shape index (κ2) is 7.15. The number of nitrogens with zero attached hydrogens (tertiary/aromatic N) is 5. The highest BCUT2D eigenvalue weighted by Crippen LogP contribution is 2.23. The van der Waals surface area contributed by atoms with E-state index in [2.05, 4.69) is 14.6 Å². The van der Waals surface area contributed by atoms with Crippen LogP contribution in [0.5, 0.6) is 0 Å². The number of carbonyl (C=O) groups is 1. The Hall–Kier alpha value is -2.89. The minimum Gasteiger partial charge on any atom is -0.340 e. The molecular weight excluding hydrogens is 326 g/mol. The Morgan fingerprint density at radius 1 is 1.27 bits per heavy atom. The molecule has 1 aliphatic rings. The lowest BCUT2D eigenvalue weighted by Crippen LogP contribution is -2.41. The molecule has 1 amide bonds. The van der Waals surface area contributed by atoms with Crippen molar-refractivity contribution in [2.75, 3.05) is 13.1 Å². The predicted octanol–water partition coefficient (Wildman–Crippen LogP) is 2.78. The van der Waals surface area contributed by atoms with Crippen molar-refractivity contribution in [3.63, 3.8) is 0 Å². The minimum atomic E-state index is 0.167. The lowest BCUT2D eigenvalue weighted by atomic mass is 10.0. The van der Waals surface area contributed by atoms with Crippen molar-refractivity contribution in [2.45, 2.75) is 32.2 Å². The highest BCUT2D eigenvalue weighted by atomic mass is 16.2. The normalized spacial score (nSPS) is 17.4. The van der Waals surface area contributed by atoms with E-state index in [1.807, 2.05) is 65.4 Å². The van der Waals surface area contributed by atoms with E-state index in [1.165, 1.54) is 0 Å². The predicted molar refractivity (Wildman–Crippen MR) is 99.1 cm³/mol. The first kappa shape index (κ1) is 16.6. The highest BCUT2D eigenvalue weighted by molar-refractivity contribution is 5.78. The molecule has 1 saturated heterocycles. The van der Waals surface area contributed by atoms with Crippen LogP contribution in [0.25, 0.3) is 5.69 Å². The molecule has 26 heavy (non-hydrogen) atoms. The summed E-state index contributed by atoms with van der Waals surface area (Å²) < 4.78 is 4.00. The van der Waals surface area contributed by atoms with E-state index in [0.717, 1.165) is 43.0 Å². The molecule has 0 unspecified atom stereocenters. The Bertz CT molecular complexity index is 883. The second-order valence-corrected chi connectivity index (χ2v) is 6.82. The van der Waals surface area contributed by atoms with Gasteiger partial charge in [-0.1, -0.05) is 18.2 Å². The molecule has 0 saturated carbocycles. The van der Waals surface area contributed by atoms with Crippen LogP contribution in [0, 0.1) is 6.92 Å². The number of benzene rings is 1. The van der Waals surface area contributed by atoms with Crippen molar-refractivity contribution in [3.8, 4) is 5.69 Å². The van der Waals surface area contributed by atoms with Crippen LogP contribution in [0.15, 0.2) is 55.1 Å². The van der Waals surface area contributed by atoms with Crippen LogP contribution >= 0.6 is 0 Å². The molecule has 0 aliphatic carbocycles. The molecule has 1 aliphatic heterocycles. The number of hydrogen-bond acceptors (Lipinski definition) is 3. The molecule has 0 bridgehead atoms. The Kier molecular flexibility index (Phi) is 4.56. The van der Waals surface area contributed by atoms with Crippen molar-refractivity contribution < 1.29 is 4.79 Å². The van der Waals surface area contributed by atoms with Crippen molar-refractivity contribution in [2.24, 2.45) is 0 Å². The van der Waals surface area contributed by atoms with Crippen molar-refractivity contribution in [3.05, 3.63) is 66.5 Å². The van der Waals surface area contributed by atoms with Gasteiger partial charge in [0.2, 0.25) is 5.91 Å². The van der Waals surface area contributed by atoms with Gasteiger partial charge in [-0.2, -0.15) is 5.10 Å². The quantitative estimate of drug-likeness (QED) is 0.728. The summed E-state index contributed by atoms with van der Waals surface area (Å²) in [5.41, 5.74) is 1.94. The molecule has 0 spiro atoms. The summed E-state index contributed by atoms with van der Waals surface area (Å²) in [5.74, 6) is 1.17. The lowest BCUT2D eigenvalue weighted by Gasteiger charge is -2.34. The average molecular weight is 349 g/mol. The van der Waals surface area contributed by atoms with Crippen LogP contribution in [0.4, 0.5) is 0 Å². The summed E-state index contributed by atoms with van der Waals surface area (Å²) >= 11 is 0. The smallest absolute Gasteiger partial charge is 0.227 e. The van der Waals surface area contributed by atoms with Gasteiger partial charge in [0.25, 0.3) is 0 Å². The van der Waals surface area contributed by atoms with E-state index in [4.69, 9.17) is 0 Å². The summed E-state index contributed by atoms with van der Waals surface area (Å²) in [6.07, 6.45) is 10.1. The van der Waals surface area contributed by atoms with E-state index in [-0.39, 0.29) is 5.91 Å². The molecule has 0 N–H and O–H groups in total. The fraction of sp³-hybridized carbons (Fsp3) is 0.350. The van der Waals surface area contributed by atoms with Crippen LogP contribution in [0.2, 0.25) is 0 Å². The van der Waals surface area contributed by atoms with Crippen LogP contribution in [-0.2, 0) is 11.2 Å².